The summed E-state index contributed by atoms with van der Waals surface area (Å²) in [6.45, 7) is 6.60. The first-order chi connectivity index (χ1) is 10.0. The molecule has 0 aromatic carbocycles. The molecule has 0 saturated carbocycles. The third-order valence-corrected chi connectivity index (χ3v) is 4.26. The van der Waals surface area contributed by atoms with Gasteiger partial charge in [0.15, 0.2) is 5.82 Å². The van der Waals surface area contributed by atoms with E-state index < -0.39 is 5.60 Å². The van der Waals surface area contributed by atoms with Crippen LogP contribution in [0.4, 0.5) is 11.5 Å². The first-order valence-corrected chi connectivity index (χ1v) is 7.32. The Morgan fingerprint density at radius 1 is 1.43 bits per heavy atom. The van der Waals surface area contributed by atoms with E-state index in [0.717, 1.165) is 18.9 Å². The molecule has 0 bridgehead atoms. The number of anilines is 2. The third-order valence-electron chi connectivity index (χ3n) is 4.26. The molecule has 6 heteroatoms. The van der Waals surface area contributed by atoms with Crippen molar-refractivity contribution in [2.75, 3.05) is 43.9 Å². The second-order valence-corrected chi connectivity index (χ2v) is 5.48. The maximum Gasteiger partial charge on any atom is 0.254 e. The highest BCUT2D eigenvalue weighted by atomic mass is 16.5. The summed E-state index contributed by atoms with van der Waals surface area (Å²) in [5.74, 6) is 0.857. The van der Waals surface area contributed by atoms with E-state index in [2.05, 4.69) is 9.88 Å². The van der Waals surface area contributed by atoms with Crippen LogP contribution in [-0.4, -0.2) is 54.7 Å². The number of piperazine rings is 1. The van der Waals surface area contributed by atoms with E-state index in [1.165, 1.54) is 0 Å². The first kappa shape index (κ1) is 15.6. The van der Waals surface area contributed by atoms with Crippen LogP contribution >= 0.6 is 0 Å². The van der Waals surface area contributed by atoms with Crippen molar-refractivity contribution in [1.29, 1.82) is 0 Å². The van der Waals surface area contributed by atoms with Crippen molar-refractivity contribution in [3.63, 3.8) is 0 Å². The highest BCUT2D eigenvalue weighted by Gasteiger charge is 2.36. The van der Waals surface area contributed by atoms with Gasteiger partial charge in [0.1, 0.15) is 5.60 Å². The lowest BCUT2D eigenvalue weighted by Crippen LogP contribution is -2.55. The van der Waals surface area contributed by atoms with Crippen LogP contribution in [0.25, 0.3) is 0 Å². The number of carbonyl (C=O) groups excluding carboxylic acids is 1. The summed E-state index contributed by atoms with van der Waals surface area (Å²) in [4.78, 5) is 20.8. The molecule has 2 heterocycles. The van der Waals surface area contributed by atoms with Crippen LogP contribution in [0.2, 0.25) is 0 Å². The average Bonchev–Trinajstić information content (AvgIpc) is 2.54. The van der Waals surface area contributed by atoms with E-state index in [9.17, 15) is 4.79 Å². The van der Waals surface area contributed by atoms with Gasteiger partial charge in [-0.3, -0.25) is 4.79 Å². The van der Waals surface area contributed by atoms with Crippen LogP contribution in [0.1, 0.15) is 20.3 Å². The van der Waals surface area contributed by atoms with Gasteiger partial charge in [-0.05, 0) is 25.5 Å². The molecule has 6 nitrogen and oxygen atoms in total. The van der Waals surface area contributed by atoms with Gasteiger partial charge in [0, 0.05) is 39.5 Å². The van der Waals surface area contributed by atoms with Gasteiger partial charge in [-0.15, -0.1) is 0 Å². The molecule has 1 aromatic rings. The minimum absolute atomic E-state index is 0.0566. The normalized spacial score (nSPS) is 18.4. The number of pyridine rings is 1. The molecular formula is C15H24N4O2. The number of hydrogen-bond acceptors (Lipinski definition) is 5. The van der Waals surface area contributed by atoms with Gasteiger partial charge in [0.2, 0.25) is 0 Å². The SMILES string of the molecule is CCC(C)(OC)C(=O)N1CCN(c2ncccc2N)CC1. The van der Waals surface area contributed by atoms with Crippen LogP contribution in [0.3, 0.4) is 0 Å². The van der Waals surface area contributed by atoms with Crippen molar-refractivity contribution < 1.29 is 9.53 Å². The van der Waals surface area contributed by atoms with Crippen molar-refractivity contribution in [2.45, 2.75) is 25.9 Å². The molecule has 1 fully saturated rings. The van der Waals surface area contributed by atoms with Crippen LogP contribution in [-0.2, 0) is 9.53 Å². The molecule has 1 atom stereocenters. The van der Waals surface area contributed by atoms with Gasteiger partial charge in [-0.1, -0.05) is 6.92 Å². The predicted octanol–water partition coefficient (Wildman–Crippen LogP) is 1.13. The monoisotopic (exact) mass is 292 g/mol. The molecule has 1 unspecified atom stereocenters. The second-order valence-electron chi connectivity index (χ2n) is 5.48. The summed E-state index contributed by atoms with van der Waals surface area (Å²) in [5, 5.41) is 0. The van der Waals surface area contributed by atoms with Gasteiger partial charge < -0.3 is 20.3 Å². The van der Waals surface area contributed by atoms with Gasteiger partial charge >= 0.3 is 0 Å². The molecule has 1 aliphatic heterocycles. The van der Waals surface area contributed by atoms with E-state index in [4.69, 9.17) is 10.5 Å². The zero-order chi connectivity index (χ0) is 15.5. The molecule has 1 saturated heterocycles. The minimum atomic E-state index is -0.730. The van der Waals surface area contributed by atoms with Crippen LogP contribution in [0.15, 0.2) is 18.3 Å². The Kier molecular flexibility index (Phi) is 4.67. The molecule has 2 rings (SSSR count). The van der Waals surface area contributed by atoms with E-state index in [-0.39, 0.29) is 5.91 Å². The summed E-state index contributed by atoms with van der Waals surface area (Å²) in [5.41, 5.74) is 5.90. The fourth-order valence-electron chi connectivity index (χ4n) is 2.51. The van der Waals surface area contributed by atoms with Crippen LogP contribution in [0.5, 0.6) is 0 Å². The van der Waals surface area contributed by atoms with Gasteiger partial charge in [0.05, 0.1) is 5.69 Å². The maximum absolute atomic E-state index is 12.5. The summed E-state index contributed by atoms with van der Waals surface area (Å²) in [7, 11) is 1.59. The summed E-state index contributed by atoms with van der Waals surface area (Å²) >= 11 is 0. The predicted molar refractivity (Wildman–Crippen MR) is 83.1 cm³/mol. The molecular weight excluding hydrogens is 268 g/mol. The third kappa shape index (κ3) is 3.10. The fourth-order valence-corrected chi connectivity index (χ4v) is 2.51. The quantitative estimate of drug-likeness (QED) is 0.900. The molecule has 2 N–H and O–H groups in total. The van der Waals surface area contributed by atoms with E-state index in [1.54, 1.807) is 13.3 Å². The number of ether oxygens (including phenoxy) is 1. The van der Waals surface area contributed by atoms with E-state index >= 15 is 0 Å². The Hall–Kier alpha value is -1.82. The largest absolute Gasteiger partial charge is 0.396 e. The second kappa shape index (κ2) is 6.30. The molecule has 116 valence electrons. The lowest BCUT2D eigenvalue weighted by molar-refractivity contribution is -0.153. The Morgan fingerprint density at radius 3 is 2.62 bits per heavy atom. The Labute approximate surface area is 125 Å². The fraction of sp³-hybridized carbons (Fsp3) is 0.600. The minimum Gasteiger partial charge on any atom is -0.396 e. The Bertz CT molecular complexity index is 494. The molecule has 0 aliphatic carbocycles. The summed E-state index contributed by atoms with van der Waals surface area (Å²) in [6.07, 6.45) is 2.40. The highest BCUT2D eigenvalue weighted by molar-refractivity contribution is 5.85. The van der Waals surface area contributed by atoms with Crippen LogP contribution < -0.4 is 10.6 Å². The first-order valence-electron chi connectivity index (χ1n) is 7.32. The number of hydrogen-bond donors (Lipinski definition) is 1. The molecule has 0 spiro atoms. The Balaban J connectivity index is 2.01. The number of nitrogen functional groups attached to an aromatic ring is 1. The van der Waals surface area contributed by atoms with Gasteiger partial charge in [0.25, 0.3) is 5.91 Å². The average molecular weight is 292 g/mol. The molecule has 1 amide bonds. The molecule has 0 radical (unpaired) electrons. The highest BCUT2D eigenvalue weighted by Crippen LogP contribution is 2.23. The zero-order valence-electron chi connectivity index (χ0n) is 13.0. The molecule has 21 heavy (non-hydrogen) atoms. The molecule has 1 aliphatic rings. The van der Waals surface area contributed by atoms with Gasteiger partial charge in [-0.25, -0.2) is 4.98 Å². The lowest BCUT2D eigenvalue weighted by Gasteiger charge is -2.39. The maximum atomic E-state index is 12.5. The van der Waals surface area contributed by atoms with Crippen molar-refractivity contribution in [2.24, 2.45) is 0 Å². The molecule has 1 aromatic heterocycles. The standard InChI is InChI=1S/C15H24N4O2/c1-4-15(2,21-3)14(20)19-10-8-18(9-11-19)13-12(16)6-5-7-17-13/h5-7H,4,8-11,16H2,1-3H3. The van der Waals surface area contributed by atoms with Crippen LogP contribution in [0, 0.1) is 0 Å². The van der Waals surface area contributed by atoms with E-state index in [0.29, 0.717) is 25.2 Å². The number of amides is 1. The summed E-state index contributed by atoms with van der Waals surface area (Å²) in [6, 6.07) is 3.67. The van der Waals surface area contributed by atoms with Gasteiger partial charge in [-0.2, -0.15) is 0 Å². The van der Waals surface area contributed by atoms with Crippen molar-refractivity contribution in [3.8, 4) is 0 Å². The number of rotatable bonds is 4. The number of aromatic nitrogens is 1. The smallest absolute Gasteiger partial charge is 0.254 e. The van der Waals surface area contributed by atoms with Crippen molar-refractivity contribution >= 4 is 17.4 Å². The number of carbonyl (C=O) groups is 1. The van der Waals surface area contributed by atoms with Crippen molar-refractivity contribution in [3.05, 3.63) is 18.3 Å². The van der Waals surface area contributed by atoms with E-state index in [1.807, 2.05) is 30.9 Å². The number of nitrogens with zero attached hydrogens (tertiary/aromatic N) is 3. The van der Waals surface area contributed by atoms with Crippen molar-refractivity contribution in [1.82, 2.24) is 9.88 Å². The zero-order valence-corrected chi connectivity index (χ0v) is 13.0. The number of nitrogens with two attached hydrogens (primary N) is 1. The number of methoxy groups -OCH3 is 1. The topological polar surface area (TPSA) is 71.7 Å². The summed E-state index contributed by atoms with van der Waals surface area (Å²) < 4.78 is 5.40. The Morgan fingerprint density at radius 2 is 2.10 bits per heavy atom. The lowest BCUT2D eigenvalue weighted by atomic mass is 10.0.